The molecule has 0 aromatic heterocycles. The summed E-state index contributed by atoms with van der Waals surface area (Å²) in [4.78, 5) is 0. The van der Waals surface area contributed by atoms with Crippen molar-refractivity contribution in [3.63, 3.8) is 0 Å². The van der Waals surface area contributed by atoms with Gasteiger partial charge in [0.05, 0.1) is 12.4 Å². The van der Waals surface area contributed by atoms with Crippen molar-refractivity contribution in [1.82, 2.24) is 0 Å². The molecule has 0 radical (unpaired) electrons. The van der Waals surface area contributed by atoms with Crippen molar-refractivity contribution >= 4 is 12.4 Å². The molecule has 0 atom stereocenters. The monoisotopic (exact) mass is 318 g/mol. The molecule has 0 aliphatic carbocycles. The Morgan fingerprint density at radius 1 is 0.792 bits per heavy atom. The molecule has 0 saturated carbocycles. The van der Waals surface area contributed by atoms with E-state index in [4.69, 9.17) is 0 Å². The van der Waals surface area contributed by atoms with Crippen LogP contribution in [0, 0.1) is 0 Å². The number of nitrogens with zero attached hydrogens (tertiary/aromatic N) is 2. The maximum Gasteiger partial charge on any atom is 0.0568 e. The van der Waals surface area contributed by atoms with Crippen molar-refractivity contribution in [2.45, 2.75) is 39.0 Å². The predicted molar refractivity (Wildman–Crippen MR) is 105 cm³/mol. The molecule has 2 heteroatoms. The predicted octanol–water partition coefficient (Wildman–Crippen LogP) is 5.60. The van der Waals surface area contributed by atoms with E-state index in [1.807, 2.05) is 6.08 Å². The molecule has 0 heterocycles. The molecule has 0 amide bonds. The lowest BCUT2D eigenvalue weighted by atomic mass is 10.1. The summed E-state index contributed by atoms with van der Waals surface area (Å²) in [6.45, 7) is 5.91. The average Bonchev–Trinajstić information content (AvgIpc) is 2.64. The first-order valence-electron chi connectivity index (χ1n) is 8.67. The summed E-state index contributed by atoms with van der Waals surface area (Å²) < 4.78 is 0. The number of hydrogen-bond acceptors (Lipinski definition) is 2. The van der Waals surface area contributed by atoms with Gasteiger partial charge in [0.15, 0.2) is 0 Å². The Hall–Kier alpha value is -2.48. The number of hydrogen-bond donors (Lipinski definition) is 0. The van der Waals surface area contributed by atoms with Gasteiger partial charge in [-0.2, -0.15) is 10.2 Å². The largest absolute Gasteiger partial charge is 0.159 e. The van der Waals surface area contributed by atoms with Gasteiger partial charge in [0.25, 0.3) is 0 Å². The van der Waals surface area contributed by atoms with E-state index < -0.39 is 0 Å². The Labute approximate surface area is 145 Å². The van der Waals surface area contributed by atoms with E-state index in [1.54, 1.807) is 12.4 Å². The van der Waals surface area contributed by atoms with Gasteiger partial charge in [0, 0.05) is 0 Å². The van der Waals surface area contributed by atoms with Crippen LogP contribution in [0.2, 0.25) is 0 Å². The van der Waals surface area contributed by atoms with E-state index >= 15 is 0 Å². The van der Waals surface area contributed by atoms with Crippen LogP contribution in [0.25, 0.3) is 0 Å². The second-order valence-corrected chi connectivity index (χ2v) is 5.86. The van der Waals surface area contributed by atoms with Crippen molar-refractivity contribution in [3.05, 3.63) is 83.4 Å². The van der Waals surface area contributed by atoms with Crippen LogP contribution in [-0.2, 0) is 12.8 Å². The van der Waals surface area contributed by atoms with Gasteiger partial charge in [-0.15, -0.1) is 6.58 Å². The molecule has 0 N–H and O–H groups in total. The quantitative estimate of drug-likeness (QED) is 0.249. The standard InChI is InChI=1S/C22H26N2/c1-3-5-6-7-8-20-11-15-22(16-12-20)18-24-23-17-21-13-9-19(4-2)10-14-21/h3,9-18H,1,4-8H2,2H3/b23-17+,24-18+. The summed E-state index contributed by atoms with van der Waals surface area (Å²) in [5.74, 6) is 0. The highest BCUT2D eigenvalue weighted by Gasteiger charge is 1.94. The van der Waals surface area contributed by atoms with Crippen LogP contribution in [0.5, 0.6) is 0 Å². The van der Waals surface area contributed by atoms with Crippen LogP contribution >= 0.6 is 0 Å². The van der Waals surface area contributed by atoms with E-state index in [2.05, 4.69) is 72.2 Å². The fourth-order valence-corrected chi connectivity index (χ4v) is 2.43. The Kier molecular flexibility index (Phi) is 7.69. The first-order chi connectivity index (χ1) is 11.8. The van der Waals surface area contributed by atoms with E-state index in [9.17, 15) is 0 Å². The summed E-state index contributed by atoms with van der Waals surface area (Å²) in [7, 11) is 0. The van der Waals surface area contributed by atoms with Crippen molar-refractivity contribution in [2.24, 2.45) is 10.2 Å². The summed E-state index contributed by atoms with van der Waals surface area (Å²) in [6, 6.07) is 16.9. The van der Waals surface area contributed by atoms with Crippen molar-refractivity contribution in [3.8, 4) is 0 Å². The topological polar surface area (TPSA) is 24.7 Å². The Bertz CT molecular complexity index is 664. The van der Waals surface area contributed by atoms with Gasteiger partial charge in [-0.05, 0) is 54.4 Å². The maximum atomic E-state index is 4.13. The van der Waals surface area contributed by atoms with Gasteiger partial charge in [-0.25, -0.2) is 0 Å². The van der Waals surface area contributed by atoms with Crippen LogP contribution in [0.4, 0.5) is 0 Å². The molecule has 124 valence electrons. The minimum atomic E-state index is 1.06. The van der Waals surface area contributed by atoms with Crippen molar-refractivity contribution in [1.29, 1.82) is 0 Å². The molecular formula is C22H26N2. The first-order valence-corrected chi connectivity index (χ1v) is 8.67. The third-order valence-corrected chi connectivity index (χ3v) is 3.97. The zero-order valence-electron chi connectivity index (χ0n) is 14.5. The minimum Gasteiger partial charge on any atom is -0.159 e. The average molecular weight is 318 g/mol. The van der Waals surface area contributed by atoms with Crippen LogP contribution < -0.4 is 0 Å². The van der Waals surface area contributed by atoms with Gasteiger partial charge in [0.1, 0.15) is 0 Å². The fraction of sp³-hybridized carbons (Fsp3) is 0.273. The highest BCUT2D eigenvalue weighted by Crippen LogP contribution is 2.08. The Morgan fingerprint density at radius 3 is 1.83 bits per heavy atom. The molecule has 0 spiro atoms. The molecule has 2 aromatic rings. The second-order valence-electron chi connectivity index (χ2n) is 5.86. The van der Waals surface area contributed by atoms with Gasteiger partial charge in [-0.3, -0.25) is 0 Å². The van der Waals surface area contributed by atoms with Crippen LogP contribution in [0.3, 0.4) is 0 Å². The first kappa shape index (κ1) is 17.9. The van der Waals surface area contributed by atoms with E-state index in [-0.39, 0.29) is 0 Å². The third-order valence-electron chi connectivity index (χ3n) is 3.97. The number of aryl methyl sites for hydroxylation is 2. The normalized spacial score (nSPS) is 11.4. The van der Waals surface area contributed by atoms with Crippen molar-refractivity contribution in [2.75, 3.05) is 0 Å². The molecule has 0 saturated heterocycles. The van der Waals surface area contributed by atoms with Gasteiger partial charge in [-0.1, -0.05) is 61.5 Å². The molecule has 0 unspecified atom stereocenters. The number of rotatable bonds is 9. The molecule has 0 fully saturated rings. The molecule has 0 bridgehead atoms. The maximum absolute atomic E-state index is 4.13. The zero-order valence-corrected chi connectivity index (χ0v) is 14.5. The molecule has 0 aliphatic rings. The lowest BCUT2D eigenvalue weighted by molar-refractivity contribution is 0.748. The second kappa shape index (κ2) is 10.3. The summed E-state index contributed by atoms with van der Waals surface area (Å²) in [5, 5.41) is 8.25. The molecule has 2 nitrogen and oxygen atoms in total. The highest BCUT2D eigenvalue weighted by molar-refractivity contribution is 5.82. The highest BCUT2D eigenvalue weighted by atomic mass is 15.2. The number of allylic oxidation sites excluding steroid dienone is 1. The lowest BCUT2D eigenvalue weighted by Crippen LogP contribution is -1.87. The van der Waals surface area contributed by atoms with Gasteiger partial charge in [0.2, 0.25) is 0 Å². The summed E-state index contributed by atoms with van der Waals surface area (Å²) in [6.07, 6.45) is 11.3. The molecular weight excluding hydrogens is 292 g/mol. The van der Waals surface area contributed by atoms with E-state index in [0.29, 0.717) is 0 Å². The van der Waals surface area contributed by atoms with Gasteiger partial charge >= 0.3 is 0 Å². The molecule has 0 aliphatic heterocycles. The summed E-state index contributed by atoms with van der Waals surface area (Å²) in [5.41, 5.74) is 4.85. The third kappa shape index (κ3) is 6.33. The lowest BCUT2D eigenvalue weighted by Gasteiger charge is -2.00. The Morgan fingerprint density at radius 2 is 1.33 bits per heavy atom. The molecule has 2 aromatic carbocycles. The van der Waals surface area contributed by atoms with E-state index in [0.717, 1.165) is 30.4 Å². The number of unbranched alkanes of at least 4 members (excludes halogenated alkanes) is 2. The Balaban J connectivity index is 1.82. The minimum absolute atomic E-state index is 1.06. The van der Waals surface area contributed by atoms with Crippen LogP contribution in [0.1, 0.15) is 48.4 Å². The number of benzene rings is 2. The fourth-order valence-electron chi connectivity index (χ4n) is 2.43. The molecule has 24 heavy (non-hydrogen) atoms. The van der Waals surface area contributed by atoms with Crippen molar-refractivity contribution < 1.29 is 0 Å². The van der Waals surface area contributed by atoms with Gasteiger partial charge < -0.3 is 0 Å². The molecule has 2 rings (SSSR count). The van der Waals surface area contributed by atoms with E-state index in [1.165, 1.54) is 24.0 Å². The summed E-state index contributed by atoms with van der Waals surface area (Å²) >= 11 is 0. The smallest absolute Gasteiger partial charge is 0.0568 e. The zero-order chi connectivity index (χ0) is 17.0. The SMILES string of the molecule is C=CCCCCc1ccc(/C=N/N=C/c2ccc(CC)cc2)cc1. The van der Waals surface area contributed by atoms with Crippen LogP contribution in [0.15, 0.2) is 71.4 Å². The van der Waals surface area contributed by atoms with Crippen LogP contribution in [-0.4, -0.2) is 12.4 Å².